The molecule has 1 aromatic heterocycles. The topological polar surface area (TPSA) is 33.0 Å². The fraction of sp³-hybridized carbons (Fsp3) is 0.333. The maximum absolute atomic E-state index is 10.6. The van der Waals surface area contributed by atoms with E-state index in [0.717, 1.165) is 5.56 Å². The second-order valence-electron chi connectivity index (χ2n) is 2.79. The van der Waals surface area contributed by atoms with Gasteiger partial charge in [-0.2, -0.15) is 0 Å². The maximum Gasteiger partial charge on any atom is 0.217 e. The molecule has 64 valence electrons. The highest BCUT2D eigenvalue weighted by atomic mass is 16.1. The summed E-state index contributed by atoms with van der Waals surface area (Å²) < 4.78 is 1.96. The summed E-state index contributed by atoms with van der Waals surface area (Å²) in [5, 5.41) is 2.74. The smallest absolute Gasteiger partial charge is 0.217 e. The Balaban J connectivity index is 2.57. The number of aromatic nitrogens is 1. The van der Waals surface area contributed by atoms with Crippen LogP contribution in [-0.4, -0.2) is 5.91 Å². The number of carbonyl (C=O) groups excluding carboxylic acids is 1. The first-order chi connectivity index (χ1) is 5.68. The van der Waals surface area contributed by atoms with E-state index in [0.29, 0.717) is 6.54 Å². The van der Waals surface area contributed by atoms with Gasteiger partial charge in [0, 0.05) is 25.1 Å². The standard InChI is InChI=1S/C9H12N2O/c1-8(12)10-6-9-4-3-5-11(2)7-9/h3-5,7H,6H2,1-2H3/p+1. The summed E-state index contributed by atoms with van der Waals surface area (Å²) in [6.07, 6.45) is 3.94. The van der Waals surface area contributed by atoms with E-state index in [1.54, 1.807) is 0 Å². The zero-order valence-electron chi connectivity index (χ0n) is 7.37. The molecule has 1 N–H and O–H groups in total. The minimum Gasteiger partial charge on any atom is -0.352 e. The van der Waals surface area contributed by atoms with Gasteiger partial charge < -0.3 is 5.32 Å². The van der Waals surface area contributed by atoms with Gasteiger partial charge in [-0.1, -0.05) is 0 Å². The number of rotatable bonds is 2. The van der Waals surface area contributed by atoms with Crippen LogP contribution in [-0.2, 0) is 18.4 Å². The molecule has 0 bridgehead atoms. The van der Waals surface area contributed by atoms with Gasteiger partial charge in [-0.05, 0) is 6.07 Å². The number of amides is 1. The van der Waals surface area contributed by atoms with Crippen molar-refractivity contribution in [2.45, 2.75) is 13.5 Å². The molecule has 0 saturated heterocycles. The van der Waals surface area contributed by atoms with Gasteiger partial charge in [0.25, 0.3) is 0 Å². The number of nitrogens with one attached hydrogen (secondary N) is 1. The van der Waals surface area contributed by atoms with Crippen molar-refractivity contribution in [3.63, 3.8) is 0 Å². The van der Waals surface area contributed by atoms with Crippen molar-refractivity contribution < 1.29 is 9.36 Å². The Morgan fingerprint density at radius 3 is 3.00 bits per heavy atom. The van der Waals surface area contributed by atoms with Crippen LogP contribution in [0.25, 0.3) is 0 Å². The van der Waals surface area contributed by atoms with Gasteiger partial charge >= 0.3 is 0 Å². The molecule has 0 aromatic carbocycles. The lowest BCUT2D eigenvalue weighted by atomic mass is 10.3. The monoisotopic (exact) mass is 165 g/mol. The van der Waals surface area contributed by atoms with E-state index in [1.807, 2.05) is 36.1 Å². The summed E-state index contributed by atoms with van der Waals surface area (Å²) in [4.78, 5) is 10.6. The van der Waals surface area contributed by atoms with Crippen molar-refractivity contribution in [2.75, 3.05) is 0 Å². The molecule has 0 aliphatic carbocycles. The molecule has 1 heterocycles. The van der Waals surface area contributed by atoms with Crippen molar-refractivity contribution in [3.8, 4) is 0 Å². The molecule has 0 saturated carbocycles. The Labute approximate surface area is 72.0 Å². The lowest BCUT2D eigenvalue weighted by molar-refractivity contribution is -0.671. The molecule has 0 atom stereocenters. The Kier molecular flexibility index (Phi) is 2.80. The zero-order valence-corrected chi connectivity index (χ0v) is 7.37. The lowest BCUT2D eigenvalue weighted by Crippen LogP contribution is -2.28. The first-order valence-corrected chi connectivity index (χ1v) is 3.87. The molecule has 1 aromatic rings. The molecule has 3 heteroatoms. The molecule has 0 aliphatic heterocycles. The van der Waals surface area contributed by atoms with Crippen LogP contribution in [0.2, 0.25) is 0 Å². The largest absolute Gasteiger partial charge is 0.352 e. The van der Waals surface area contributed by atoms with Crippen molar-refractivity contribution >= 4 is 5.91 Å². The highest BCUT2D eigenvalue weighted by Gasteiger charge is 1.97. The van der Waals surface area contributed by atoms with E-state index in [4.69, 9.17) is 0 Å². The fourth-order valence-corrected chi connectivity index (χ4v) is 0.981. The molecule has 0 aliphatic rings. The van der Waals surface area contributed by atoms with E-state index in [9.17, 15) is 4.79 Å². The molecular weight excluding hydrogens is 152 g/mol. The molecule has 1 amide bonds. The molecule has 0 unspecified atom stereocenters. The van der Waals surface area contributed by atoms with Crippen LogP contribution in [0.15, 0.2) is 24.5 Å². The summed E-state index contributed by atoms with van der Waals surface area (Å²) in [5.74, 6) is 0.00139. The van der Waals surface area contributed by atoms with E-state index in [-0.39, 0.29) is 5.91 Å². The number of pyridine rings is 1. The number of hydrogen-bond acceptors (Lipinski definition) is 1. The second-order valence-corrected chi connectivity index (χ2v) is 2.79. The third-order valence-electron chi connectivity index (χ3n) is 1.54. The van der Waals surface area contributed by atoms with E-state index in [2.05, 4.69) is 5.32 Å². The van der Waals surface area contributed by atoms with Crippen LogP contribution in [0.3, 0.4) is 0 Å². The van der Waals surface area contributed by atoms with E-state index in [1.165, 1.54) is 6.92 Å². The van der Waals surface area contributed by atoms with Gasteiger partial charge in [0.2, 0.25) is 5.91 Å². The van der Waals surface area contributed by atoms with Crippen molar-refractivity contribution in [2.24, 2.45) is 7.05 Å². The Bertz CT molecular complexity index is 284. The normalized spacial score (nSPS) is 9.50. The summed E-state index contributed by atoms with van der Waals surface area (Å²) >= 11 is 0. The first-order valence-electron chi connectivity index (χ1n) is 3.87. The van der Waals surface area contributed by atoms with Gasteiger partial charge in [0.05, 0.1) is 0 Å². The molecule has 0 fully saturated rings. The summed E-state index contributed by atoms with van der Waals surface area (Å²) in [7, 11) is 1.96. The van der Waals surface area contributed by atoms with Gasteiger partial charge in [-0.3, -0.25) is 4.79 Å². The van der Waals surface area contributed by atoms with Gasteiger partial charge in [0.15, 0.2) is 12.4 Å². The third-order valence-corrected chi connectivity index (χ3v) is 1.54. The predicted molar refractivity (Wildman–Crippen MR) is 45.1 cm³/mol. The Morgan fingerprint density at radius 1 is 1.67 bits per heavy atom. The third kappa shape index (κ3) is 2.70. The first kappa shape index (κ1) is 8.71. The van der Waals surface area contributed by atoms with E-state index >= 15 is 0 Å². The Morgan fingerprint density at radius 2 is 2.42 bits per heavy atom. The summed E-state index contributed by atoms with van der Waals surface area (Å²) in [5.41, 5.74) is 1.11. The molecule has 0 radical (unpaired) electrons. The van der Waals surface area contributed by atoms with Crippen LogP contribution >= 0.6 is 0 Å². The van der Waals surface area contributed by atoms with Crippen molar-refractivity contribution in [1.29, 1.82) is 0 Å². The average molecular weight is 165 g/mol. The lowest BCUT2D eigenvalue weighted by Gasteiger charge is -1.99. The molecule has 3 nitrogen and oxygen atoms in total. The minimum atomic E-state index is 0.00139. The summed E-state index contributed by atoms with van der Waals surface area (Å²) in [6, 6.07) is 3.94. The molecule has 12 heavy (non-hydrogen) atoms. The fourth-order valence-electron chi connectivity index (χ4n) is 0.981. The summed E-state index contributed by atoms with van der Waals surface area (Å²) in [6.45, 7) is 2.12. The van der Waals surface area contributed by atoms with Crippen LogP contribution in [0.4, 0.5) is 0 Å². The average Bonchev–Trinajstić information content (AvgIpc) is 2.01. The van der Waals surface area contributed by atoms with Crippen molar-refractivity contribution in [3.05, 3.63) is 30.1 Å². The number of nitrogens with zero attached hydrogens (tertiary/aromatic N) is 1. The highest BCUT2D eigenvalue weighted by Crippen LogP contribution is 1.92. The predicted octanol–water partition coefficient (Wildman–Crippen LogP) is 0.147. The van der Waals surface area contributed by atoms with Gasteiger partial charge in [0.1, 0.15) is 7.05 Å². The Hall–Kier alpha value is -1.38. The molecule has 1 rings (SSSR count). The second kappa shape index (κ2) is 3.85. The minimum absolute atomic E-state index is 0.00139. The van der Waals surface area contributed by atoms with Gasteiger partial charge in [-0.15, -0.1) is 0 Å². The number of carbonyl (C=O) groups is 1. The number of aryl methyl sites for hydroxylation is 1. The van der Waals surface area contributed by atoms with Crippen LogP contribution in [0.1, 0.15) is 12.5 Å². The molecular formula is C9H13N2O+. The molecule has 0 spiro atoms. The van der Waals surface area contributed by atoms with Crippen LogP contribution in [0.5, 0.6) is 0 Å². The zero-order chi connectivity index (χ0) is 8.97. The van der Waals surface area contributed by atoms with E-state index < -0.39 is 0 Å². The van der Waals surface area contributed by atoms with Crippen LogP contribution < -0.4 is 9.88 Å². The maximum atomic E-state index is 10.6. The quantitative estimate of drug-likeness (QED) is 0.622. The van der Waals surface area contributed by atoms with Crippen LogP contribution in [0, 0.1) is 0 Å². The van der Waals surface area contributed by atoms with Crippen molar-refractivity contribution in [1.82, 2.24) is 5.32 Å². The van der Waals surface area contributed by atoms with Gasteiger partial charge in [-0.25, -0.2) is 4.57 Å². The number of hydrogen-bond donors (Lipinski definition) is 1. The highest BCUT2D eigenvalue weighted by molar-refractivity contribution is 5.72. The SMILES string of the molecule is CC(=O)NCc1ccc[n+](C)c1.